The van der Waals surface area contributed by atoms with Crippen molar-refractivity contribution < 1.29 is 27.4 Å². The van der Waals surface area contributed by atoms with Crippen molar-refractivity contribution in [2.75, 3.05) is 27.3 Å². The molecule has 0 radical (unpaired) electrons. The molecule has 190 valence electrons. The summed E-state index contributed by atoms with van der Waals surface area (Å²) in [4.78, 5) is 11.6. The average molecular weight is 468 g/mol. The maximum absolute atomic E-state index is 13.4. The first-order valence-electron chi connectivity index (χ1n) is 11.4. The van der Waals surface area contributed by atoms with Gasteiger partial charge in [0, 0.05) is 25.2 Å². The molecular formula is C23H44F3N3O3. The molecule has 1 atom stereocenters. The van der Waals surface area contributed by atoms with E-state index < -0.39 is 23.8 Å². The number of ether oxygens (including phenoxy) is 2. The minimum atomic E-state index is -4.54. The van der Waals surface area contributed by atoms with E-state index >= 15 is 0 Å². The van der Waals surface area contributed by atoms with Crippen LogP contribution in [0.4, 0.5) is 13.2 Å². The van der Waals surface area contributed by atoms with Crippen LogP contribution in [0.2, 0.25) is 0 Å². The third-order valence-corrected chi connectivity index (χ3v) is 3.43. The minimum absolute atomic E-state index is 0.0300. The van der Waals surface area contributed by atoms with E-state index in [9.17, 15) is 18.0 Å². The van der Waals surface area contributed by atoms with Gasteiger partial charge in [0.25, 0.3) is 0 Å². The third kappa shape index (κ3) is 11.5. The second-order valence-corrected chi connectivity index (χ2v) is 5.63. The van der Waals surface area contributed by atoms with Gasteiger partial charge in [0.2, 0.25) is 0 Å². The molecule has 0 aromatic carbocycles. The summed E-state index contributed by atoms with van der Waals surface area (Å²) >= 11 is 0. The van der Waals surface area contributed by atoms with Crippen LogP contribution in [-0.2, 0) is 14.3 Å². The number of hydrogen-bond acceptors (Lipinski definition) is 6. The molecule has 9 heteroatoms. The van der Waals surface area contributed by atoms with Crippen LogP contribution in [-0.4, -0.2) is 50.5 Å². The van der Waals surface area contributed by atoms with Gasteiger partial charge in [-0.15, -0.1) is 0 Å². The maximum Gasteiger partial charge on any atom is 0.417 e. The Morgan fingerprint density at radius 1 is 1.12 bits per heavy atom. The second kappa shape index (κ2) is 19.5. The summed E-state index contributed by atoms with van der Waals surface area (Å²) in [5, 5.41) is 4.18. The Bertz CT molecular complexity index is 601. The molecule has 2 N–H and O–H groups in total. The van der Waals surface area contributed by atoms with Crippen LogP contribution in [0.5, 0.6) is 0 Å². The number of rotatable bonds is 4. The van der Waals surface area contributed by atoms with Crippen molar-refractivity contribution in [2.45, 2.75) is 81.0 Å². The van der Waals surface area contributed by atoms with E-state index in [0.717, 1.165) is 6.08 Å². The first kappa shape index (κ1) is 34.5. The Labute approximate surface area is 192 Å². The number of carbonyl (C=O) groups is 1. The van der Waals surface area contributed by atoms with Crippen LogP contribution in [0.3, 0.4) is 0 Å². The Morgan fingerprint density at radius 3 is 2.03 bits per heavy atom. The van der Waals surface area contributed by atoms with Gasteiger partial charge in [-0.25, -0.2) is 10.2 Å². The number of carbonyl (C=O) groups excluding carboxylic acids is 1. The van der Waals surface area contributed by atoms with Gasteiger partial charge >= 0.3 is 12.1 Å². The van der Waals surface area contributed by atoms with Gasteiger partial charge < -0.3 is 19.8 Å². The van der Waals surface area contributed by atoms with Crippen molar-refractivity contribution in [1.29, 1.82) is 0 Å². The molecule has 2 aliphatic heterocycles. The Hall–Kier alpha value is -2.16. The molecule has 1 unspecified atom stereocenters. The van der Waals surface area contributed by atoms with Crippen LogP contribution >= 0.6 is 0 Å². The lowest BCUT2D eigenvalue weighted by Crippen LogP contribution is -2.40. The van der Waals surface area contributed by atoms with Crippen LogP contribution in [0, 0.1) is 0 Å². The van der Waals surface area contributed by atoms with Gasteiger partial charge in [0.05, 0.1) is 25.0 Å². The summed E-state index contributed by atoms with van der Waals surface area (Å²) in [7, 11) is 2.76. The Morgan fingerprint density at radius 2 is 1.62 bits per heavy atom. The van der Waals surface area contributed by atoms with Gasteiger partial charge in [0.1, 0.15) is 6.04 Å². The van der Waals surface area contributed by atoms with Gasteiger partial charge in [-0.05, 0) is 13.0 Å². The molecule has 0 amide bonds. The normalized spacial score (nSPS) is 16.7. The lowest BCUT2D eigenvalue weighted by molar-refractivity contribution is -0.142. The van der Waals surface area contributed by atoms with Crippen molar-refractivity contribution >= 4 is 5.97 Å². The number of nitrogens with zero attached hydrogens (tertiary/aromatic N) is 1. The molecule has 0 fully saturated rings. The number of allylic oxidation sites excluding steroid dienone is 2. The van der Waals surface area contributed by atoms with Gasteiger partial charge in [0.15, 0.2) is 5.88 Å². The van der Waals surface area contributed by atoms with Gasteiger partial charge in [-0.3, -0.25) is 0 Å². The lowest BCUT2D eigenvalue weighted by Gasteiger charge is -2.27. The minimum Gasteiger partial charge on any atom is -0.479 e. The zero-order chi connectivity index (χ0) is 25.9. The first-order chi connectivity index (χ1) is 15.2. The Kier molecular flexibility index (Phi) is 21.0. The molecule has 0 spiro atoms. The average Bonchev–Trinajstić information content (AvgIpc) is 3.19. The van der Waals surface area contributed by atoms with Crippen LogP contribution in [0.1, 0.15) is 68.7 Å². The maximum atomic E-state index is 13.4. The predicted octanol–water partition coefficient (Wildman–Crippen LogP) is 5.70. The van der Waals surface area contributed by atoms with Crippen LogP contribution in [0.25, 0.3) is 0 Å². The summed E-state index contributed by atoms with van der Waals surface area (Å²) in [6.45, 7) is 18.1. The monoisotopic (exact) mass is 467 g/mol. The number of methoxy groups -OCH3 is 1. The summed E-state index contributed by atoms with van der Waals surface area (Å²) in [5.41, 5.74) is 2.24. The molecule has 0 saturated heterocycles. The topological polar surface area (TPSA) is 62.8 Å². The third-order valence-electron chi connectivity index (χ3n) is 3.43. The number of esters is 1. The molecule has 2 heterocycles. The van der Waals surface area contributed by atoms with Crippen molar-refractivity contribution in [3.8, 4) is 0 Å². The first-order valence-corrected chi connectivity index (χ1v) is 11.4. The standard InChI is InChI=1S/C14H18F3N3O3.C3H8.3C2H6/c1-4-23-12-5-9(14(15,16)17)8(7-18-12)11-6-10(13(21)22-3)19-20(11)2;1-3-2;3*1-2/h5-6,10,18-19H,4,7H2,1-3H3;3H2,1-2H3;3*1-2H3. The molecule has 2 rings (SSSR count). The number of halogens is 3. The fourth-order valence-corrected chi connectivity index (χ4v) is 2.41. The molecule has 0 saturated carbocycles. The van der Waals surface area contributed by atoms with Crippen molar-refractivity contribution in [2.24, 2.45) is 0 Å². The van der Waals surface area contributed by atoms with Crippen molar-refractivity contribution in [1.82, 2.24) is 15.8 Å². The smallest absolute Gasteiger partial charge is 0.417 e. The number of alkyl halides is 3. The predicted molar refractivity (Wildman–Crippen MR) is 126 cm³/mol. The SMILES string of the molecule is CC.CC.CC.CCC.CCOC1=CC(C(F)(F)F)=C(C2=CC(C(=O)OC)NN2C)CN1. The molecule has 6 nitrogen and oxygen atoms in total. The van der Waals surface area contributed by atoms with Crippen LogP contribution < -0.4 is 10.7 Å². The Balaban J connectivity index is -0.000000822. The van der Waals surface area contributed by atoms with Crippen molar-refractivity contribution in [3.05, 3.63) is 34.9 Å². The molecule has 0 aromatic heterocycles. The quantitative estimate of drug-likeness (QED) is 0.518. The van der Waals surface area contributed by atoms with E-state index in [1.54, 1.807) is 6.92 Å². The second-order valence-electron chi connectivity index (χ2n) is 5.63. The van der Waals surface area contributed by atoms with Gasteiger partial charge in [-0.2, -0.15) is 13.2 Å². The summed E-state index contributed by atoms with van der Waals surface area (Å²) in [5.74, 6) is -0.502. The van der Waals surface area contributed by atoms with E-state index in [1.807, 2.05) is 41.5 Å². The van der Waals surface area contributed by atoms with E-state index in [0.29, 0.717) is 0 Å². The largest absolute Gasteiger partial charge is 0.479 e. The van der Waals surface area contributed by atoms with Gasteiger partial charge in [-0.1, -0.05) is 61.8 Å². The van der Waals surface area contributed by atoms with Crippen molar-refractivity contribution in [3.63, 3.8) is 0 Å². The number of nitrogens with one attached hydrogen (secondary N) is 2. The zero-order valence-electron chi connectivity index (χ0n) is 21.7. The molecule has 32 heavy (non-hydrogen) atoms. The number of hydrogen-bond donors (Lipinski definition) is 2. The van der Waals surface area contributed by atoms with E-state index in [1.165, 1.54) is 31.7 Å². The highest BCUT2D eigenvalue weighted by atomic mass is 19.4. The fourth-order valence-electron chi connectivity index (χ4n) is 2.41. The molecule has 2 aliphatic rings. The highest BCUT2D eigenvalue weighted by Crippen LogP contribution is 2.35. The van der Waals surface area contributed by atoms with E-state index in [2.05, 4.69) is 29.3 Å². The highest BCUT2D eigenvalue weighted by molar-refractivity contribution is 5.79. The zero-order valence-corrected chi connectivity index (χ0v) is 21.7. The number of dihydropyridines is 1. The highest BCUT2D eigenvalue weighted by Gasteiger charge is 2.40. The summed E-state index contributed by atoms with van der Waals surface area (Å²) in [6.07, 6.45) is -0.943. The molecule has 0 bridgehead atoms. The fraction of sp³-hybridized carbons (Fsp3) is 0.696. The van der Waals surface area contributed by atoms with E-state index in [-0.39, 0.29) is 30.3 Å². The van der Waals surface area contributed by atoms with E-state index in [4.69, 9.17) is 4.74 Å². The summed E-state index contributed by atoms with van der Waals surface area (Å²) < 4.78 is 49.8. The number of hydrazine groups is 1. The molecule has 0 aromatic rings. The number of likely N-dealkylation sites (N-methyl/N-ethyl adjacent to an activating group) is 1. The molecular weight excluding hydrogens is 423 g/mol. The van der Waals surface area contributed by atoms with Crippen LogP contribution in [0.15, 0.2) is 34.9 Å². The summed E-state index contributed by atoms with van der Waals surface area (Å²) in [6, 6.07) is -0.820. The molecule has 0 aliphatic carbocycles. The lowest BCUT2D eigenvalue weighted by atomic mass is 10.0.